The van der Waals surface area contributed by atoms with Crippen molar-refractivity contribution < 1.29 is 42.1 Å². The minimum atomic E-state index is 0. The van der Waals surface area contributed by atoms with Crippen molar-refractivity contribution in [3.05, 3.63) is 157 Å². The van der Waals surface area contributed by atoms with Gasteiger partial charge in [-0.05, 0) is 102 Å². The largest absolute Gasteiger partial charge is 2.00 e. The van der Waals surface area contributed by atoms with E-state index in [0.717, 1.165) is 72.2 Å². The molecule has 4 aliphatic rings. The Morgan fingerprint density at radius 3 is 1.29 bits per heavy atom. The Balaban J connectivity index is 0.000000145. The number of aliphatic imine (C=N–C) groups is 2. The quantitative estimate of drug-likeness (QED) is 0.166. The number of fused-ring (bicyclic) bond motifs is 2. The first kappa shape index (κ1) is 42.4. The summed E-state index contributed by atoms with van der Waals surface area (Å²) in [5.41, 5.74) is 4.22. The van der Waals surface area contributed by atoms with Crippen LogP contribution in [0.25, 0.3) is 44.8 Å². The summed E-state index contributed by atoms with van der Waals surface area (Å²) >= 11 is 0. The summed E-state index contributed by atoms with van der Waals surface area (Å²) in [6.07, 6.45) is 12.4. The van der Waals surface area contributed by atoms with Gasteiger partial charge in [0.05, 0.1) is 11.6 Å². The summed E-state index contributed by atoms with van der Waals surface area (Å²) in [5, 5.41) is 8.65. The van der Waals surface area contributed by atoms with E-state index in [4.69, 9.17) is 0 Å². The summed E-state index contributed by atoms with van der Waals surface area (Å²) in [5.74, 6) is 3.85. The van der Waals surface area contributed by atoms with Crippen molar-refractivity contribution in [2.75, 3.05) is 52.4 Å². The third-order valence-corrected chi connectivity index (χ3v) is 9.17. The zero-order valence-electron chi connectivity index (χ0n) is 31.3. The second kappa shape index (κ2) is 22.7. The molecule has 56 heavy (non-hydrogen) atoms. The summed E-state index contributed by atoms with van der Waals surface area (Å²) in [6, 6.07) is 42.5. The summed E-state index contributed by atoms with van der Waals surface area (Å²) in [6.45, 7) is 8.60. The number of para-hydroxylation sites is 2. The first-order chi connectivity index (χ1) is 26.8. The van der Waals surface area contributed by atoms with E-state index in [-0.39, 0.29) is 42.1 Å². The molecular formula is C44H46N10Pt2. The SMILES string of the molecule is C1CN=C2[N-]CCCN2C1.C1CN=C2[N-]CCCN2C1.[Pt+2].[Pt+2].[c-]1ccccc1-c1nccn1-c1ccccc1.[c-]1ccccc1-c1nccn1-c1ccccc1. The van der Waals surface area contributed by atoms with Gasteiger partial charge in [-0.3, -0.25) is 9.97 Å². The fraction of sp³-hybridized carbons (Fsp3) is 0.273. The standard InChI is InChI=1S/2C15H11N2.2C7H12N3.2Pt/c2*1-3-7-13(8-4-1)15-16-11-12-17(15)14-9-5-2-6-10-14;2*1-3-8-7-9-4-2-6-10(7)5-1;;/h2*1-7,9-12H;2*1-6H2;;/q4*-1;2*+2. The molecule has 0 spiro atoms. The summed E-state index contributed by atoms with van der Waals surface area (Å²) in [4.78, 5) is 22.0. The number of guanidine groups is 2. The average Bonchev–Trinajstić information content (AvgIpc) is 3.98. The molecule has 2 aromatic heterocycles. The van der Waals surface area contributed by atoms with Crippen LogP contribution in [0, 0.1) is 12.1 Å². The Bertz CT molecular complexity index is 1790. The molecule has 0 amide bonds. The van der Waals surface area contributed by atoms with Gasteiger partial charge in [0, 0.05) is 48.1 Å². The van der Waals surface area contributed by atoms with Crippen LogP contribution in [0.3, 0.4) is 0 Å². The average molecular weight is 1110 g/mol. The van der Waals surface area contributed by atoms with Crippen molar-refractivity contribution in [3.63, 3.8) is 0 Å². The second-order valence-corrected chi connectivity index (χ2v) is 13.0. The number of rotatable bonds is 4. The van der Waals surface area contributed by atoms with Crippen molar-refractivity contribution in [2.24, 2.45) is 9.98 Å². The van der Waals surface area contributed by atoms with E-state index in [2.05, 4.69) is 85.9 Å². The molecule has 0 unspecified atom stereocenters. The maximum atomic E-state index is 4.39. The number of nitrogens with zero attached hydrogens (tertiary/aromatic N) is 10. The van der Waals surface area contributed by atoms with Gasteiger partial charge >= 0.3 is 42.1 Å². The van der Waals surface area contributed by atoms with Crippen LogP contribution in [0.15, 0.2) is 144 Å². The predicted octanol–water partition coefficient (Wildman–Crippen LogP) is 8.32. The van der Waals surface area contributed by atoms with Crippen molar-refractivity contribution >= 4 is 11.9 Å². The number of imidazole rings is 2. The minimum Gasteiger partial charge on any atom is -0.426 e. The topological polar surface area (TPSA) is 95.0 Å². The van der Waals surface area contributed by atoms with Crippen LogP contribution in [0.4, 0.5) is 0 Å². The Kier molecular flexibility index (Phi) is 17.2. The van der Waals surface area contributed by atoms with E-state index in [1.165, 1.54) is 51.9 Å². The van der Waals surface area contributed by atoms with E-state index in [1.54, 1.807) is 0 Å². The fourth-order valence-corrected chi connectivity index (χ4v) is 6.55. The molecule has 0 saturated carbocycles. The van der Waals surface area contributed by atoms with Crippen LogP contribution >= 0.6 is 0 Å². The number of hydrogen-bond donors (Lipinski definition) is 0. The molecule has 4 aromatic carbocycles. The molecule has 0 radical (unpaired) electrons. The number of aromatic nitrogens is 4. The predicted molar refractivity (Wildman–Crippen MR) is 218 cm³/mol. The van der Waals surface area contributed by atoms with Crippen LogP contribution in [0.2, 0.25) is 0 Å². The van der Waals surface area contributed by atoms with E-state index in [9.17, 15) is 0 Å². The van der Waals surface area contributed by atoms with Crippen LogP contribution in [0.5, 0.6) is 0 Å². The van der Waals surface area contributed by atoms with E-state index < -0.39 is 0 Å². The molecule has 292 valence electrons. The Hall–Kier alpha value is -4.78. The fourth-order valence-electron chi connectivity index (χ4n) is 6.55. The molecule has 2 saturated heterocycles. The smallest absolute Gasteiger partial charge is 0.426 e. The van der Waals surface area contributed by atoms with Crippen molar-refractivity contribution in [2.45, 2.75) is 25.7 Å². The summed E-state index contributed by atoms with van der Waals surface area (Å²) < 4.78 is 4.12. The van der Waals surface area contributed by atoms with E-state index in [0.29, 0.717) is 0 Å². The van der Waals surface area contributed by atoms with Crippen molar-refractivity contribution in [1.82, 2.24) is 28.9 Å². The summed E-state index contributed by atoms with van der Waals surface area (Å²) in [7, 11) is 0. The Labute approximate surface area is 359 Å². The number of benzene rings is 4. The van der Waals surface area contributed by atoms with Crippen molar-refractivity contribution in [3.8, 4) is 34.2 Å². The van der Waals surface area contributed by atoms with Gasteiger partial charge in [-0.15, -0.1) is 71.8 Å². The molecule has 2 fully saturated rings. The molecule has 12 heteroatoms. The van der Waals surface area contributed by atoms with Gasteiger partial charge in [0.25, 0.3) is 0 Å². The monoisotopic (exact) mass is 1100 g/mol. The maximum Gasteiger partial charge on any atom is 2.00 e. The third-order valence-electron chi connectivity index (χ3n) is 9.17. The van der Waals surface area contributed by atoms with Gasteiger partial charge in [0.2, 0.25) is 0 Å². The van der Waals surface area contributed by atoms with Crippen LogP contribution in [-0.4, -0.2) is 93.2 Å². The van der Waals surface area contributed by atoms with E-state index in [1.807, 2.05) is 110 Å². The van der Waals surface area contributed by atoms with Gasteiger partial charge in [0.1, 0.15) is 0 Å². The van der Waals surface area contributed by atoms with Gasteiger partial charge in [-0.2, -0.15) is 0 Å². The number of hydrogen-bond acceptors (Lipinski definition) is 6. The molecule has 4 aliphatic heterocycles. The Morgan fingerprint density at radius 1 is 0.482 bits per heavy atom. The van der Waals surface area contributed by atoms with Gasteiger partial charge in [-0.1, -0.05) is 36.4 Å². The first-order valence-electron chi connectivity index (χ1n) is 18.9. The van der Waals surface area contributed by atoms with E-state index >= 15 is 0 Å². The molecule has 0 atom stereocenters. The van der Waals surface area contributed by atoms with Gasteiger partial charge < -0.3 is 39.6 Å². The van der Waals surface area contributed by atoms with Crippen molar-refractivity contribution in [1.29, 1.82) is 0 Å². The molecule has 0 N–H and O–H groups in total. The van der Waals surface area contributed by atoms with Crippen LogP contribution in [0.1, 0.15) is 25.7 Å². The normalized spacial score (nSPS) is 15.1. The molecule has 10 nitrogen and oxygen atoms in total. The maximum absolute atomic E-state index is 4.39. The molecule has 0 aliphatic carbocycles. The van der Waals surface area contributed by atoms with Crippen LogP contribution < -0.4 is 0 Å². The zero-order chi connectivity index (χ0) is 36.6. The molecule has 0 bridgehead atoms. The molecule has 10 rings (SSSR count). The van der Waals surface area contributed by atoms with Crippen LogP contribution in [-0.2, 0) is 42.1 Å². The zero-order valence-corrected chi connectivity index (χ0v) is 35.8. The Morgan fingerprint density at radius 2 is 0.893 bits per heavy atom. The first-order valence-corrected chi connectivity index (χ1v) is 18.9. The molecule has 6 heterocycles. The van der Waals surface area contributed by atoms with Gasteiger partial charge in [-0.25, -0.2) is 0 Å². The molecule has 6 aromatic rings. The third kappa shape index (κ3) is 11.6. The van der Waals surface area contributed by atoms with Gasteiger partial charge in [0.15, 0.2) is 0 Å². The second-order valence-electron chi connectivity index (χ2n) is 13.0. The minimum absolute atomic E-state index is 0. The molecular weight excluding hydrogens is 1060 g/mol.